The molecule has 1 unspecified atom stereocenters. The Labute approximate surface area is 113 Å². The minimum Gasteiger partial charge on any atom is -0.378 e. The smallest absolute Gasteiger partial charge is 0.104 e. The molecule has 1 atom stereocenters. The van der Waals surface area contributed by atoms with E-state index in [4.69, 9.17) is 9.47 Å². The van der Waals surface area contributed by atoms with E-state index in [1.54, 1.807) is 0 Å². The van der Waals surface area contributed by atoms with Gasteiger partial charge in [-0.15, -0.1) is 0 Å². The van der Waals surface area contributed by atoms with Crippen molar-refractivity contribution in [2.45, 2.75) is 12.0 Å². The zero-order valence-corrected chi connectivity index (χ0v) is 10.7. The molecule has 1 heterocycles. The van der Waals surface area contributed by atoms with E-state index >= 15 is 0 Å². The second-order valence-corrected chi connectivity index (χ2v) is 5.22. The Balaban J connectivity index is 1.65. The van der Waals surface area contributed by atoms with Crippen LogP contribution in [0.15, 0.2) is 48.5 Å². The number of hydrogen-bond donors (Lipinski definition) is 0. The minimum absolute atomic E-state index is 0.340. The van der Waals surface area contributed by atoms with Crippen molar-refractivity contribution in [1.29, 1.82) is 0 Å². The van der Waals surface area contributed by atoms with Crippen molar-refractivity contribution in [3.63, 3.8) is 0 Å². The first-order chi connectivity index (χ1) is 9.43. The summed E-state index contributed by atoms with van der Waals surface area (Å²) in [6.07, 6.45) is 0.340. The molecule has 2 aliphatic rings. The van der Waals surface area contributed by atoms with E-state index < -0.39 is 0 Å². The lowest BCUT2D eigenvalue weighted by Gasteiger charge is -2.13. The monoisotopic (exact) mass is 252 g/mol. The predicted octanol–water partition coefficient (Wildman–Crippen LogP) is 3.21. The number of rotatable bonds is 4. The number of epoxide rings is 1. The predicted molar refractivity (Wildman–Crippen MR) is 74.3 cm³/mol. The third-order valence-corrected chi connectivity index (χ3v) is 3.95. The van der Waals surface area contributed by atoms with Crippen molar-refractivity contribution in [2.75, 3.05) is 19.8 Å². The first-order valence-corrected chi connectivity index (χ1v) is 6.81. The van der Waals surface area contributed by atoms with Crippen LogP contribution in [0.4, 0.5) is 0 Å². The summed E-state index contributed by atoms with van der Waals surface area (Å²) < 4.78 is 11.0. The van der Waals surface area contributed by atoms with Crippen LogP contribution in [-0.4, -0.2) is 25.9 Å². The molecule has 1 aliphatic heterocycles. The lowest BCUT2D eigenvalue weighted by Crippen LogP contribution is -2.10. The maximum atomic E-state index is 5.83. The van der Waals surface area contributed by atoms with Crippen LogP contribution < -0.4 is 0 Å². The Morgan fingerprint density at radius 2 is 1.47 bits per heavy atom. The first-order valence-electron chi connectivity index (χ1n) is 6.81. The van der Waals surface area contributed by atoms with Crippen LogP contribution in [0.1, 0.15) is 17.0 Å². The van der Waals surface area contributed by atoms with E-state index in [-0.39, 0.29) is 0 Å². The molecule has 2 nitrogen and oxygen atoms in total. The Hall–Kier alpha value is -1.64. The highest BCUT2D eigenvalue weighted by molar-refractivity contribution is 5.78. The van der Waals surface area contributed by atoms with Gasteiger partial charge < -0.3 is 9.47 Å². The zero-order chi connectivity index (χ0) is 12.7. The molecule has 2 aromatic rings. The molecule has 96 valence electrons. The molecule has 0 spiro atoms. The Morgan fingerprint density at radius 3 is 2.05 bits per heavy atom. The van der Waals surface area contributed by atoms with Crippen molar-refractivity contribution in [3.8, 4) is 11.1 Å². The largest absolute Gasteiger partial charge is 0.378 e. The van der Waals surface area contributed by atoms with E-state index in [1.165, 1.54) is 22.3 Å². The summed E-state index contributed by atoms with van der Waals surface area (Å²) in [7, 11) is 0. The quantitative estimate of drug-likeness (QED) is 0.779. The molecule has 1 aliphatic carbocycles. The zero-order valence-electron chi connectivity index (χ0n) is 10.7. The second-order valence-electron chi connectivity index (χ2n) is 5.22. The van der Waals surface area contributed by atoms with Crippen LogP contribution in [0, 0.1) is 0 Å². The van der Waals surface area contributed by atoms with Crippen LogP contribution in [0.3, 0.4) is 0 Å². The summed E-state index contributed by atoms with van der Waals surface area (Å²) in [5.41, 5.74) is 5.49. The fraction of sp³-hybridized carbons (Fsp3) is 0.294. The third-order valence-electron chi connectivity index (χ3n) is 3.95. The normalized spacial score (nSPS) is 20.1. The minimum atomic E-state index is 0.340. The molecule has 0 saturated carbocycles. The van der Waals surface area contributed by atoms with E-state index in [2.05, 4.69) is 48.5 Å². The topological polar surface area (TPSA) is 21.8 Å². The maximum Gasteiger partial charge on any atom is 0.104 e. The first kappa shape index (κ1) is 11.2. The molecule has 2 aromatic carbocycles. The molecule has 0 aromatic heterocycles. The van der Waals surface area contributed by atoms with Gasteiger partial charge in [-0.1, -0.05) is 48.5 Å². The van der Waals surface area contributed by atoms with Crippen LogP contribution in [0.2, 0.25) is 0 Å². The third kappa shape index (κ3) is 1.97. The maximum absolute atomic E-state index is 5.83. The molecule has 0 amide bonds. The summed E-state index contributed by atoms with van der Waals surface area (Å²) in [6, 6.07) is 17.3. The average Bonchev–Trinajstić information content (AvgIpc) is 3.23. The van der Waals surface area contributed by atoms with Gasteiger partial charge in [0.15, 0.2) is 0 Å². The molecule has 0 N–H and O–H groups in total. The van der Waals surface area contributed by atoms with E-state index in [1.807, 2.05) is 0 Å². The molecule has 1 fully saturated rings. The Kier molecular flexibility index (Phi) is 2.64. The highest BCUT2D eigenvalue weighted by Gasteiger charge is 2.29. The van der Waals surface area contributed by atoms with Gasteiger partial charge in [0.25, 0.3) is 0 Å². The summed E-state index contributed by atoms with van der Waals surface area (Å²) in [5.74, 6) is 0.367. The Morgan fingerprint density at radius 1 is 0.895 bits per heavy atom. The van der Waals surface area contributed by atoms with Gasteiger partial charge in [-0.05, 0) is 22.3 Å². The summed E-state index contributed by atoms with van der Waals surface area (Å²) in [5, 5.41) is 0. The Bertz CT molecular complexity index is 556. The SMILES string of the molecule is c1ccc2c(c1)-c1ccccc1C2COCC1CO1. The van der Waals surface area contributed by atoms with E-state index in [9.17, 15) is 0 Å². The number of hydrogen-bond acceptors (Lipinski definition) is 2. The van der Waals surface area contributed by atoms with Crippen molar-refractivity contribution in [2.24, 2.45) is 0 Å². The van der Waals surface area contributed by atoms with Crippen LogP contribution in [0.25, 0.3) is 11.1 Å². The van der Waals surface area contributed by atoms with Gasteiger partial charge in [-0.3, -0.25) is 0 Å². The van der Waals surface area contributed by atoms with E-state index in [0.29, 0.717) is 12.0 Å². The van der Waals surface area contributed by atoms with Gasteiger partial charge in [-0.2, -0.15) is 0 Å². The van der Waals surface area contributed by atoms with Gasteiger partial charge in [0.2, 0.25) is 0 Å². The van der Waals surface area contributed by atoms with Crippen molar-refractivity contribution < 1.29 is 9.47 Å². The van der Waals surface area contributed by atoms with Gasteiger partial charge >= 0.3 is 0 Å². The highest BCUT2D eigenvalue weighted by atomic mass is 16.6. The number of ether oxygens (including phenoxy) is 2. The average molecular weight is 252 g/mol. The lowest BCUT2D eigenvalue weighted by molar-refractivity contribution is 0.111. The summed E-state index contributed by atoms with van der Waals surface area (Å²) in [4.78, 5) is 0. The number of benzene rings is 2. The van der Waals surface area contributed by atoms with E-state index in [0.717, 1.165) is 19.8 Å². The van der Waals surface area contributed by atoms with Crippen molar-refractivity contribution >= 4 is 0 Å². The molecule has 0 bridgehead atoms. The fourth-order valence-corrected chi connectivity index (χ4v) is 2.92. The van der Waals surface area contributed by atoms with Crippen LogP contribution >= 0.6 is 0 Å². The van der Waals surface area contributed by atoms with Crippen LogP contribution in [0.5, 0.6) is 0 Å². The molecule has 1 saturated heterocycles. The van der Waals surface area contributed by atoms with Gasteiger partial charge in [0, 0.05) is 5.92 Å². The molecular weight excluding hydrogens is 236 g/mol. The number of fused-ring (bicyclic) bond motifs is 3. The van der Waals surface area contributed by atoms with Gasteiger partial charge in [0.05, 0.1) is 19.8 Å². The van der Waals surface area contributed by atoms with Crippen molar-refractivity contribution in [3.05, 3.63) is 59.7 Å². The molecule has 2 heteroatoms. The van der Waals surface area contributed by atoms with Gasteiger partial charge in [0.1, 0.15) is 6.10 Å². The molecule has 19 heavy (non-hydrogen) atoms. The molecule has 0 radical (unpaired) electrons. The fourth-order valence-electron chi connectivity index (χ4n) is 2.92. The summed E-state index contributed by atoms with van der Waals surface area (Å²) in [6.45, 7) is 2.33. The molecular formula is C17H16O2. The highest BCUT2D eigenvalue weighted by Crippen LogP contribution is 2.44. The van der Waals surface area contributed by atoms with Gasteiger partial charge in [-0.25, -0.2) is 0 Å². The summed E-state index contributed by atoms with van der Waals surface area (Å²) >= 11 is 0. The lowest BCUT2D eigenvalue weighted by atomic mass is 9.98. The van der Waals surface area contributed by atoms with Crippen molar-refractivity contribution in [1.82, 2.24) is 0 Å². The second kappa shape index (κ2) is 4.48. The standard InChI is InChI=1S/C17H16O2/c1-3-7-15-13(5-1)14-6-2-4-8-16(14)17(15)11-18-9-12-10-19-12/h1-8,12,17H,9-11H2. The molecule has 4 rings (SSSR count). The van der Waals surface area contributed by atoms with Crippen LogP contribution in [-0.2, 0) is 9.47 Å².